The molecular formula is C14H19N3O. The normalized spacial score (nSPS) is 18.2. The van der Waals surface area contributed by atoms with Crippen LogP contribution in [0.3, 0.4) is 0 Å². The quantitative estimate of drug-likeness (QED) is 0.897. The van der Waals surface area contributed by atoms with Crippen LogP contribution in [0, 0.1) is 12.8 Å². The number of hydrogen-bond donors (Lipinski definition) is 1. The number of aromatic nitrogens is 1. The van der Waals surface area contributed by atoms with Crippen LogP contribution in [-0.4, -0.2) is 37.1 Å². The molecule has 1 aliphatic heterocycles. The van der Waals surface area contributed by atoms with Crippen LogP contribution in [0.4, 0.5) is 0 Å². The molecule has 1 N–H and O–H groups in total. The molecule has 0 bridgehead atoms. The Labute approximate surface area is 107 Å². The first-order valence-electron chi connectivity index (χ1n) is 6.39. The molecule has 3 rings (SSSR count). The van der Waals surface area contributed by atoms with Crippen LogP contribution in [0.2, 0.25) is 0 Å². The van der Waals surface area contributed by atoms with Gasteiger partial charge in [-0.05, 0) is 31.8 Å². The Balaban J connectivity index is 1.99. The number of oxazole rings is 1. The lowest BCUT2D eigenvalue weighted by molar-refractivity contribution is 0.161. The van der Waals surface area contributed by atoms with E-state index in [0.717, 1.165) is 30.1 Å². The fourth-order valence-electron chi connectivity index (χ4n) is 2.77. The summed E-state index contributed by atoms with van der Waals surface area (Å²) >= 11 is 0. The zero-order valence-corrected chi connectivity index (χ0v) is 11.1. The highest BCUT2D eigenvalue weighted by atomic mass is 16.3. The van der Waals surface area contributed by atoms with Gasteiger partial charge in [0.15, 0.2) is 11.5 Å². The first-order valence-corrected chi connectivity index (χ1v) is 6.39. The van der Waals surface area contributed by atoms with Gasteiger partial charge in [0.25, 0.3) is 0 Å². The van der Waals surface area contributed by atoms with Gasteiger partial charge in [-0.2, -0.15) is 0 Å². The lowest BCUT2D eigenvalue weighted by atomic mass is 9.87. The van der Waals surface area contributed by atoms with Gasteiger partial charge in [0.05, 0.1) is 0 Å². The van der Waals surface area contributed by atoms with E-state index in [1.54, 1.807) is 0 Å². The maximum absolute atomic E-state index is 5.53. The van der Waals surface area contributed by atoms with E-state index in [9.17, 15) is 0 Å². The summed E-state index contributed by atoms with van der Waals surface area (Å²) in [6.07, 6.45) is 0. The molecule has 1 aromatic carbocycles. The van der Waals surface area contributed by atoms with E-state index in [4.69, 9.17) is 4.42 Å². The van der Waals surface area contributed by atoms with E-state index in [1.165, 1.54) is 5.56 Å². The topological polar surface area (TPSA) is 41.3 Å². The Kier molecular flexibility index (Phi) is 2.84. The zero-order chi connectivity index (χ0) is 12.7. The zero-order valence-electron chi connectivity index (χ0n) is 11.1. The molecule has 1 atom stereocenters. The highest BCUT2D eigenvalue weighted by Gasteiger charge is 2.30. The van der Waals surface area contributed by atoms with Crippen molar-refractivity contribution in [1.82, 2.24) is 15.2 Å². The van der Waals surface area contributed by atoms with Gasteiger partial charge in [-0.25, -0.2) is 4.98 Å². The van der Waals surface area contributed by atoms with Crippen LogP contribution in [0.15, 0.2) is 22.6 Å². The van der Waals surface area contributed by atoms with Gasteiger partial charge in [0.2, 0.25) is 0 Å². The molecule has 0 aliphatic carbocycles. The standard InChI is InChI=1S/C14H19N3O/c1-9-16-12-6-10(4-5-13(12)18-9)14(17(2)3)11-7-15-8-11/h4-6,11,14-15H,7-8H2,1-3H3. The van der Waals surface area contributed by atoms with Crippen LogP contribution >= 0.6 is 0 Å². The summed E-state index contributed by atoms with van der Waals surface area (Å²) in [5.74, 6) is 1.42. The van der Waals surface area contributed by atoms with E-state index in [-0.39, 0.29) is 0 Å². The SMILES string of the molecule is Cc1nc2cc(C(C3CNC3)N(C)C)ccc2o1. The van der Waals surface area contributed by atoms with E-state index < -0.39 is 0 Å². The van der Waals surface area contributed by atoms with Crippen molar-refractivity contribution in [3.8, 4) is 0 Å². The van der Waals surface area contributed by atoms with Gasteiger partial charge in [0.1, 0.15) is 5.52 Å². The predicted molar refractivity (Wildman–Crippen MR) is 71.5 cm³/mol. The monoisotopic (exact) mass is 245 g/mol. The summed E-state index contributed by atoms with van der Waals surface area (Å²) in [5, 5.41) is 3.35. The highest BCUT2D eigenvalue weighted by Crippen LogP contribution is 2.31. The molecule has 0 radical (unpaired) electrons. The smallest absolute Gasteiger partial charge is 0.192 e. The van der Waals surface area contributed by atoms with Gasteiger partial charge >= 0.3 is 0 Å². The number of hydrogen-bond acceptors (Lipinski definition) is 4. The van der Waals surface area contributed by atoms with Crippen LogP contribution in [0.1, 0.15) is 17.5 Å². The van der Waals surface area contributed by atoms with Gasteiger partial charge in [-0.3, -0.25) is 0 Å². The number of rotatable bonds is 3. The van der Waals surface area contributed by atoms with Crippen LogP contribution < -0.4 is 5.32 Å². The van der Waals surface area contributed by atoms with Gasteiger partial charge in [0, 0.05) is 32.0 Å². The Morgan fingerprint density at radius 2 is 2.17 bits per heavy atom. The van der Waals surface area contributed by atoms with E-state index in [2.05, 4.69) is 41.4 Å². The molecule has 0 spiro atoms. The fourth-order valence-corrected chi connectivity index (χ4v) is 2.77. The molecule has 1 aliphatic rings. The second-order valence-corrected chi connectivity index (χ2v) is 5.29. The van der Waals surface area contributed by atoms with Gasteiger partial charge in [-0.15, -0.1) is 0 Å². The third-order valence-electron chi connectivity index (χ3n) is 3.68. The number of nitrogens with zero attached hydrogens (tertiary/aromatic N) is 2. The van der Waals surface area contributed by atoms with Gasteiger partial charge < -0.3 is 14.6 Å². The first-order chi connectivity index (χ1) is 8.65. The van der Waals surface area contributed by atoms with Crippen molar-refractivity contribution < 1.29 is 4.42 Å². The second kappa shape index (κ2) is 4.37. The lowest BCUT2D eigenvalue weighted by Gasteiger charge is -2.38. The van der Waals surface area contributed by atoms with Crippen LogP contribution in [-0.2, 0) is 0 Å². The minimum atomic E-state index is 0.452. The van der Waals surface area contributed by atoms with Crippen molar-refractivity contribution in [2.24, 2.45) is 5.92 Å². The Bertz CT molecular complexity index is 557. The molecule has 4 heteroatoms. The minimum absolute atomic E-state index is 0.452. The molecule has 96 valence electrons. The van der Waals surface area contributed by atoms with Gasteiger partial charge in [-0.1, -0.05) is 6.07 Å². The summed E-state index contributed by atoms with van der Waals surface area (Å²) in [5.41, 5.74) is 3.16. The number of fused-ring (bicyclic) bond motifs is 1. The minimum Gasteiger partial charge on any atom is -0.441 e. The van der Waals surface area contributed by atoms with E-state index >= 15 is 0 Å². The van der Waals surface area contributed by atoms with Crippen molar-refractivity contribution >= 4 is 11.1 Å². The average molecular weight is 245 g/mol. The first kappa shape index (κ1) is 11.7. The molecular weight excluding hydrogens is 226 g/mol. The molecule has 1 unspecified atom stereocenters. The molecule has 1 aromatic heterocycles. The summed E-state index contributed by atoms with van der Waals surface area (Å²) in [4.78, 5) is 6.71. The summed E-state index contributed by atoms with van der Waals surface area (Å²) < 4.78 is 5.53. The molecule has 18 heavy (non-hydrogen) atoms. The maximum Gasteiger partial charge on any atom is 0.192 e. The lowest BCUT2D eigenvalue weighted by Crippen LogP contribution is -2.48. The molecule has 1 saturated heterocycles. The number of benzene rings is 1. The largest absolute Gasteiger partial charge is 0.441 e. The molecule has 4 nitrogen and oxygen atoms in total. The van der Waals surface area contributed by atoms with Crippen LogP contribution in [0.25, 0.3) is 11.1 Å². The van der Waals surface area contributed by atoms with E-state index in [0.29, 0.717) is 12.0 Å². The van der Waals surface area contributed by atoms with Crippen molar-refractivity contribution in [3.05, 3.63) is 29.7 Å². The number of aryl methyl sites for hydroxylation is 1. The van der Waals surface area contributed by atoms with Crippen molar-refractivity contribution in [2.75, 3.05) is 27.2 Å². The summed E-state index contributed by atoms with van der Waals surface area (Å²) in [6.45, 7) is 4.08. The summed E-state index contributed by atoms with van der Waals surface area (Å²) in [7, 11) is 4.28. The molecule has 0 amide bonds. The maximum atomic E-state index is 5.53. The third-order valence-corrected chi connectivity index (χ3v) is 3.68. The Morgan fingerprint density at radius 1 is 1.39 bits per heavy atom. The number of nitrogens with one attached hydrogen (secondary N) is 1. The second-order valence-electron chi connectivity index (χ2n) is 5.29. The summed E-state index contributed by atoms with van der Waals surface area (Å²) in [6, 6.07) is 6.81. The van der Waals surface area contributed by atoms with E-state index in [1.807, 2.05) is 13.0 Å². The van der Waals surface area contributed by atoms with Crippen molar-refractivity contribution in [2.45, 2.75) is 13.0 Å². The molecule has 0 saturated carbocycles. The highest BCUT2D eigenvalue weighted by molar-refractivity contribution is 5.73. The van der Waals surface area contributed by atoms with Crippen LogP contribution in [0.5, 0.6) is 0 Å². The van der Waals surface area contributed by atoms with Crippen molar-refractivity contribution in [3.63, 3.8) is 0 Å². The Hall–Kier alpha value is -1.39. The Morgan fingerprint density at radius 3 is 2.78 bits per heavy atom. The van der Waals surface area contributed by atoms with Crippen molar-refractivity contribution in [1.29, 1.82) is 0 Å². The fraction of sp³-hybridized carbons (Fsp3) is 0.500. The third kappa shape index (κ3) is 1.91. The molecule has 2 heterocycles. The molecule has 2 aromatic rings. The molecule has 1 fully saturated rings. The predicted octanol–water partition coefficient (Wildman–Crippen LogP) is 1.96. The average Bonchev–Trinajstić information content (AvgIpc) is 2.61.